The minimum Gasteiger partial charge on any atom is -0.344 e. The van der Waals surface area contributed by atoms with Crippen molar-refractivity contribution in [2.45, 2.75) is 6.17 Å². The third-order valence-electron chi connectivity index (χ3n) is 13.7. The fraction of sp³-hybridized carbons (Fsp3) is 0.0164. The molecule has 0 saturated carbocycles. The lowest BCUT2D eigenvalue weighted by molar-refractivity contribution is 0.684. The quantitative estimate of drug-likeness (QED) is 0.172. The van der Waals surface area contributed by atoms with Crippen LogP contribution in [-0.4, -0.2) is 20.8 Å². The van der Waals surface area contributed by atoms with Crippen molar-refractivity contribution in [1.82, 2.24) is 14.5 Å². The van der Waals surface area contributed by atoms with E-state index in [0.717, 1.165) is 66.5 Å². The Morgan fingerprint density at radius 3 is 1.68 bits per heavy atom. The number of benzene rings is 11. The van der Waals surface area contributed by atoms with Gasteiger partial charge in [-0.1, -0.05) is 188 Å². The summed E-state index contributed by atoms with van der Waals surface area (Å²) in [6, 6.07) is 81.2. The molecule has 3 heterocycles. The van der Waals surface area contributed by atoms with Crippen LogP contribution in [0, 0.1) is 0 Å². The summed E-state index contributed by atoms with van der Waals surface area (Å²) >= 11 is 0. The zero-order chi connectivity index (χ0) is 43.3. The fourth-order valence-corrected chi connectivity index (χ4v) is 10.8. The van der Waals surface area contributed by atoms with Crippen molar-refractivity contribution in [2.75, 3.05) is 0 Å². The Morgan fingerprint density at radius 1 is 0.364 bits per heavy atom. The van der Waals surface area contributed by atoms with Gasteiger partial charge < -0.3 is 14.5 Å². The molecule has 0 amide bonds. The zero-order valence-electron chi connectivity index (χ0n) is 35.7. The molecule has 0 saturated heterocycles. The van der Waals surface area contributed by atoms with Gasteiger partial charge >= 0.3 is 0 Å². The zero-order valence-corrected chi connectivity index (χ0v) is 35.7. The van der Waals surface area contributed by atoms with Gasteiger partial charge in [-0.25, -0.2) is 9.98 Å². The molecule has 1 aliphatic heterocycles. The van der Waals surface area contributed by atoms with Gasteiger partial charge in [0.2, 0.25) is 0 Å². The third kappa shape index (κ3) is 5.47. The van der Waals surface area contributed by atoms with E-state index in [-0.39, 0.29) is 0 Å². The molecule has 2 aromatic heterocycles. The normalized spacial score (nSPS) is 14.2. The standard InChI is InChI=1S/C61H39N5/c1-3-19-40(20-4-1)59-62-60(41-21-5-2-6-22-41)64-61(63-59)57-46-26-11-13-28-48(46)58(49-29-14-12-27-47(49)57)66-52-30-16-15-25-45(52)50-36-51-55(37-54(50)66)65(43-33-31-38-17-7-8-23-42(38)35-43)53-34-32-39-18-9-10-24-44(39)56(51)53/h1-37,61H,(H,62,63,64). The van der Waals surface area contributed by atoms with Crippen molar-refractivity contribution >= 4 is 98.4 Å². The Hall–Kier alpha value is -8.80. The first kappa shape index (κ1) is 36.7. The minimum atomic E-state index is -0.415. The molecule has 0 bridgehead atoms. The highest BCUT2D eigenvalue weighted by atomic mass is 15.2. The molecule has 1 atom stereocenters. The van der Waals surface area contributed by atoms with Gasteiger partial charge in [0.05, 0.1) is 27.8 Å². The fourth-order valence-electron chi connectivity index (χ4n) is 10.8. The summed E-state index contributed by atoms with van der Waals surface area (Å²) in [5.41, 5.74) is 10.1. The summed E-state index contributed by atoms with van der Waals surface area (Å²) in [6.07, 6.45) is -0.415. The van der Waals surface area contributed by atoms with E-state index >= 15 is 0 Å². The van der Waals surface area contributed by atoms with Crippen LogP contribution in [0.3, 0.4) is 0 Å². The summed E-state index contributed by atoms with van der Waals surface area (Å²) in [5.74, 6) is 1.50. The number of nitrogens with zero attached hydrogens (tertiary/aromatic N) is 4. The van der Waals surface area contributed by atoms with Crippen molar-refractivity contribution < 1.29 is 0 Å². The average molecular weight is 842 g/mol. The largest absolute Gasteiger partial charge is 0.344 e. The van der Waals surface area contributed by atoms with Crippen molar-refractivity contribution in [1.29, 1.82) is 0 Å². The van der Waals surface area contributed by atoms with Crippen LogP contribution in [0.15, 0.2) is 234 Å². The Morgan fingerprint density at radius 2 is 0.939 bits per heavy atom. The predicted molar refractivity (Wildman–Crippen MR) is 277 cm³/mol. The number of fused-ring (bicyclic) bond motifs is 11. The molecular weight excluding hydrogens is 803 g/mol. The Labute approximate surface area is 379 Å². The summed E-state index contributed by atoms with van der Waals surface area (Å²) in [6.45, 7) is 0. The maximum atomic E-state index is 5.43. The molecule has 5 nitrogen and oxygen atoms in total. The first-order valence-electron chi connectivity index (χ1n) is 22.6. The molecule has 13 aromatic rings. The van der Waals surface area contributed by atoms with Crippen LogP contribution < -0.4 is 5.32 Å². The second kappa shape index (κ2) is 14.4. The number of amidine groups is 2. The van der Waals surface area contributed by atoms with Crippen molar-refractivity contribution in [2.24, 2.45) is 9.98 Å². The predicted octanol–water partition coefficient (Wildman–Crippen LogP) is 15.0. The van der Waals surface area contributed by atoms with Crippen LogP contribution in [-0.2, 0) is 0 Å². The molecule has 1 unspecified atom stereocenters. The molecule has 11 aromatic carbocycles. The van der Waals surface area contributed by atoms with Gasteiger partial charge in [0, 0.05) is 54.7 Å². The number of aromatic nitrogens is 2. The van der Waals surface area contributed by atoms with Crippen molar-refractivity contribution in [3.8, 4) is 11.4 Å². The van der Waals surface area contributed by atoms with E-state index in [1.54, 1.807) is 0 Å². The van der Waals surface area contributed by atoms with Crippen LogP contribution in [0.4, 0.5) is 0 Å². The lowest BCUT2D eigenvalue weighted by Gasteiger charge is -2.27. The van der Waals surface area contributed by atoms with E-state index in [1.165, 1.54) is 54.1 Å². The first-order chi connectivity index (χ1) is 32.7. The Kier molecular flexibility index (Phi) is 7.98. The monoisotopic (exact) mass is 841 g/mol. The topological polar surface area (TPSA) is 46.6 Å². The van der Waals surface area contributed by atoms with E-state index in [2.05, 4.69) is 227 Å². The second-order valence-electron chi connectivity index (χ2n) is 17.3. The first-order valence-corrected chi connectivity index (χ1v) is 22.6. The molecule has 14 rings (SSSR count). The molecule has 1 aliphatic rings. The van der Waals surface area contributed by atoms with E-state index in [0.29, 0.717) is 5.84 Å². The number of hydrogen-bond donors (Lipinski definition) is 1. The summed E-state index contributed by atoms with van der Waals surface area (Å²) in [5, 5.41) is 18.3. The Balaban J connectivity index is 1.08. The molecular formula is C61H39N5. The van der Waals surface area contributed by atoms with Gasteiger partial charge in [-0.05, 0) is 68.7 Å². The van der Waals surface area contributed by atoms with Crippen molar-refractivity contribution in [3.05, 3.63) is 241 Å². The number of para-hydroxylation sites is 1. The van der Waals surface area contributed by atoms with E-state index < -0.39 is 6.17 Å². The lowest BCUT2D eigenvalue weighted by Crippen LogP contribution is -2.33. The maximum Gasteiger partial charge on any atom is 0.159 e. The highest BCUT2D eigenvalue weighted by Gasteiger charge is 2.28. The van der Waals surface area contributed by atoms with Gasteiger partial charge in [-0.3, -0.25) is 0 Å². The second-order valence-corrected chi connectivity index (χ2v) is 17.3. The molecule has 308 valence electrons. The number of nitrogens with one attached hydrogen (secondary N) is 1. The van der Waals surface area contributed by atoms with E-state index in [9.17, 15) is 0 Å². The molecule has 0 spiro atoms. The van der Waals surface area contributed by atoms with Crippen LogP contribution in [0.1, 0.15) is 22.9 Å². The number of aliphatic imine (C=N–C) groups is 2. The number of hydrogen-bond acceptors (Lipinski definition) is 3. The summed E-state index contributed by atoms with van der Waals surface area (Å²) < 4.78 is 5.01. The molecule has 0 aliphatic carbocycles. The number of rotatable bonds is 5. The molecule has 0 radical (unpaired) electrons. The smallest absolute Gasteiger partial charge is 0.159 e. The van der Waals surface area contributed by atoms with E-state index in [4.69, 9.17) is 9.98 Å². The Bertz CT molecular complexity index is 4140. The molecule has 0 fully saturated rings. The SMILES string of the molecule is c1ccc(C2=NC(c3c4ccccc4c(-n4c5ccccc5c5cc6c7c8ccccc8ccc7n(-c7ccc8ccccc8c7)c6cc54)c4ccccc34)NC(c3ccccc3)=N2)cc1. The highest BCUT2D eigenvalue weighted by Crippen LogP contribution is 2.46. The van der Waals surface area contributed by atoms with Crippen LogP contribution in [0.25, 0.3) is 98.1 Å². The molecule has 5 heteroatoms. The summed E-state index contributed by atoms with van der Waals surface area (Å²) in [7, 11) is 0. The van der Waals surface area contributed by atoms with E-state index in [1.807, 2.05) is 12.1 Å². The highest BCUT2D eigenvalue weighted by molar-refractivity contribution is 6.26. The van der Waals surface area contributed by atoms with Gasteiger partial charge in [-0.15, -0.1) is 0 Å². The van der Waals surface area contributed by atoms with Gasteiger partial charge in [-0.2, -0.15) is 0 Å². The lowest BCUT2D eigenvalue weighted by atomic mass is 9.92. The van der Waals surface area contributed by atoms with Gasteiger partial charge in [0.1, 0.15) is 12.0 Å². The average Bonchev–Trinajstić information content (AvgIpc) is 3.89. The third-order valence-corrected chi connectivity index (χ3v) is 13.7. The van der Waals surface area contributed by atoms with Crippen LogP contribution in [0.5, 0.6) is 0 Å². The molecule has 66 heavy (non-hydrogen) atoms. The van der Waals surface area contributed by atoms with Gasteiger partial charge in [0.25, 0.3) is 0 Å². The van der Waals surface area contributed by atoms with Crippen molar-refractivity contribution in [3.63, 3.8) is 0 Å². The summed E-state index contributed by atoms with van der Waals surface area (Å²) in [4.78, 5) is 10.6. The van der Waals surface area contributed by atoms with Gasteiger partial charge in [0.15, 0.2) is 5.84 Å². The van der Waals surface area contributed by atoms with Crippen LogP contribution in [0.2, 0.25) is 0 Å². The van der Waals surface area contributed by atoms with Crippen LogP contribution >= 0.6 is 0 Å². The molecule has 1 N–H and O–H groups in total. The maximum absolute atomic E-state index is 5.43. The minimum absolute atomic E-state index is 0.415.